The molecular formula is C12H15FN4. The molecule has 2 aromatic heterocycles. The molecule has 0 aliphatic heterocycles. The second-order valence-corrected chi connectivity index (χ2v) is 3.74. The van der Waals surface area contributed by atoms with Crippen LogP contribution in [0.4, 0.5) is 4.39 Å². The average Bonchev–Trinajstić information content (AvgIpc) is 2.74. The molecule has 0 saturated carbocycles. The first-order chi connectivity index (χ1) is 8.24. The van der Waals surface area contributed by atoms with Gasteiger partial charge < -0.3 is 5.32 Å². The molecule has 0 radical (unpaired) electrons. The normalized spacial score (nSPS) is 12.6. The fourth-order valence-electron chi connectivity index (χ4n) is 1.82. The van der Waals surface area contributed by atoms with Crippen LogP contribution in [0, 0.1) is 5.82 Å². The largest absolute Gasteiger partial charge is 0.304 e. The van der Waals surface area contributed by atoms with E-state index in [-0.39, 0.29) is 11.9 Å². The molecule has 0 saturated heterocycles. The Bertz CT molecular complexity index is 495. The Morgan fingerprint density at radius 1 is 1.41 bits per heavy atom. The molecule has 0 aromatic carbocycles. The SMILES string of the molecule is CCNC(c1ncccc1F)c1ccnn1C. The van der Waals surface area contributed by atoms with Crippen LogP contribution in [-0.2, 0) is 7.05 Å². The van der Waals surface area contributed by atoms with Crippen LogP contribution in [0.25, 0.3) is 0 Å². The quantitative estimate of drug-likeness (QED) is 0.874. The first-order valence-corrected chi connectivity index (χ1v) is 5.55. The molecule has 0 aliphatic rings. The van der Waals surface area contributed by atoms with E-state index >= 15 is 0 Å². The molecule has 0 spiro atoms. The topological polar surface area (TPSA) is 42.7 Å². The molecule has 0 fully saturated rings. The smallest absolute Gasteiger partial charge is 0.146 e. The minimum atomic E-state index is -0.306. The van der Waals surface area contributed by atoms with Crippen LogP contribution in [-0.4, -0.2) is 21.3 Å². The molecule has 0 amide bonds. The van der Waals surface area contributed by atoms with Gasteiger partial charge >= 0.3 is 0 Å². The molecule has 5 heteroatoms. The summed E-state index contributed by atoms with van der Waals surface area (Å²) < 4.78 is 15.5. The van der Waals surface area contributed by atoms with Gasteiger partial charge in [-0.15, -0.1) is 0 Å². The standard InChI is InChI=1S/C12H15FN4/c1-3-14-12(10-6-8-16-17(10)2)11-9(13)5-4-7-15-11/h4-8,12,14H,3H2,1-2H3. The third kappa shape index (κ3) is 2.34. The highest BCUT2D eigenvalue weighted by molar-refractivity contribution is 5.22. The Morgan fingerprint density at radius 3 is 2.82 bits per heavy atom. The molecule has 1 unspecified atom stereocenters. The molecule has 4 nitrogen and oxygen atoms in total. The van der Waals surface area contributed by atoms with Gasteiger partial charge in [0, 0.05) is 19.4 Å². The minimum Gasteiger partial charge on any atom is -0.304 e. The van der Waals surface area contributed by atoms with Crippen LogP contribution in [0.5, 0.6) is 0 Å². The van der Waals surface area contributed by atoms with Crippen LogP contribution < -0.4 is 5.32 Å². The first kappa shape index (κ1) is 11.7. The van der Waals surface area contributed by atoms with E-state index in [1.807, 2.05) is 20.0 Å². The molecule has 1 N–H and O–H groups in total. The van der Waals surface area contributed by atoms with Gasteiger partial charge in [-0.2, -0.15) is 5.10 Å². The Labute approximate surface area is 99.5 Å². The van der Waals surface area contributed by atoms with E-state index in [0.29, 0.717) is 5.69 Å². The van der Waals surface area contributed by atoms with Gasteiger partial charge in [-0.05, 0) is 24.7 Å². The zero-order valence-electron chi connectivity index (χ0n) is 9.89. The summed E-state index contributed by atoms with van der Waals surface area (Å²) in [5, 5.41) is 7.32. The van der Waals surface area contributed by atoms with Crippen molar-refractivity contribution in [3.8, 4) is 0 Å². The molecule has 1 atom stereocenters. The predicted octanol–water partition coefficient (Wildman–Crippen LogP) is 1.65. The number of hydrogen-bond acceptors (Lipinski definition) is 3. The van der Waals surface area contributed by atoms with Gasteiger partial charge in [0.2, 0.25) is 0 Å². The van der Waals surface area contributed by atoms with E-state index in [0.717, 1.165) is 12.2 Å². The third-order valence-corrected chi connectivity index (χ3v) is 2.62. The molecule has 2 rings (SSSR count). The first-order valence-electron chi connectivity index (χ1n) is 5.55. The highest BCUT2D eigenvalue weighted by atomic mass is 19.1. The van der Waals surface area contributed by atoms with Gasteiger partial charge in [-0.1, -0.05) is 6.92 Å². The molecule has 0 aliphatic carbocycles. The van der Waals surface area contributed by atoms with Crippen molar-refractivity contribution >= 4 is 0 Å². The Morgan fingerprint density at radius 2 is 2.24 bits per heavy atom. The van der Waals surface area contributed by atoms with Crippen LogP contribution in [0.3, 0.4) is 0 Å². The van der Waals surface area contributed by atoms with E-state index in [1.165, 1.54) is 6.07 Å². The zero-order valence-corrected chi connectivity index (χ0v) is 9.89. The number of halogens is 1. The van der Waals surface area contributed by atoms with Gasteiger partial charge in [0.25, 0.3) is 0 Å². The lowest BCUT2D eigenvalue weighted by Gasteiger charge is -2.18. The summed E-state index contributed by atoms with van der Waals surface area (Å²) in [7, 11) is 1.83. The summed E-state index contributed by atoms with van der Waals surface area (Å²) in [6.45, 7) is 2.70. The van der Waals surface area contributed by atoms with E-state index < -0.39 is 0 Å². The zero-order chi connectivity index (χ0) is 12.3. The summed E-state index contributed by atoms with van der Waals surface area (Å²) in [5.41, 5.74) is 1.29. The van der Waals surface area contributed by atoms with Crippen molar-refractivity contribution in [1.82, 2.24) is 20.1 Å². The van der Waals surface area contributed by atoms with Gasteiger partial charge in [-0.25, -0.2) is 4.39 Å². The van der Waals surface area contributed by atoms with Crippen molar-refractivity contribution < 1.29 is 4.39 Å². The second kappa shape index (κ2) is 5.05. The number of aromatic nitrogens is 3. The van der Waals surface area contributed by atoms with E-state index in [2.05, 4.69) is 15.4 Å². The van der Waals surface area contributed by atoms with E-state index in [9.17, 15) is 4.39 Å². The van der Waals surface area contributed by atoms with Crippen molar-refractivity contribution in [2.24, 2.45) is 7.05 Å². The maximum absolute atomic E-state index is 13.8. The van der Waals surface area contributed by atoms with Crippen molar-refractivity contribution in [2.75, 3.05) is 6.54 Å². The molecule has 2 heterocycles. The summed E-state index contributed by atoms with van der Waals surface area (Å²) in [6, 6.07) is 4.60. The maximum Gasteiger partial charge on any atom is 0.146 e. The van der Waals surface area contributed by atoms with E-state index in [1.54, 1.807) is 23.1 Å². The number of nitrogens with zero attached hydrogens (tertiary/aromatic N) is 3. The Kier molecular flexibility index (Phi) is 3.49. The van der Waals surface area contributed by atoms with Crippen LogP contribution in [0.15, 0.2) is 30.6 Å². The van der Waals surface area contributed by atoms with Crippen LogP contribution >= 0.6 is 0 Å². The van der Waals surface area contributed by atoms with Crippen molar-refractivity contribution in [3.63, 3.8) is 0 Å². The molecule has 2 aromatic rings. The molecular weight excluding hydrogens is 219 g/mol. The summed E-state index contributed by atoms with van der Waals surface area (Å²) in [4.78, 5) is 4.12. The lowest BCUT2D eigenvalue weighted by atomic mass is 10.1. The van der Waals surface area contributed by atoms with Gasteiger partial charge in [0.1, 0.15) is 5.82 Å². The summed E-state index contributed by atoms with van der Waals surface area (Å²) in [6.07, 6.45) is 3.29. The second-order valence-electron chi connectivity index (χ2n) is 3.74. The number of hydrogen-bond donors (Lipinski definition) is 1. The van der Waals surface area contributed by atoms with Crippen molar-refractivity contribution in [1.29, 1.82) is 0 Å². The van der Waals surface area contributed by atoms with Crippen LogP contribution in [0.1, 0.15) is 24.4 Å². The summed E-state index contributed by atoms with van der Waals surface area (Å²) >= 11 is 0. The highest BCUT2D eigenvalue weighted by Gasteiger charge is 2.20. The third-order valence-electron chi connectivity index (χ3n) is 2.62. The van der Waals surface area contributed by atoms with Crippen molar-refractivity contribution in [2.45, 2.75) is 13.0 Å². The monoisotopic (exact) mass is 234 g/mol. The Hall–Kier alpha value is -1.75. The highest BCUT2D eigenvalue weighted by Crippen LogP contribution is 2.21. The lowest BCUT2D eigenvalue weighted by molar-refractivity contribution is 0.517. The minimum absolute atomic E-state index is 0.270. The fraction of sp³-hybridized carbons (Fsp3) is 0.333. The van der Waals surface area contributed by atoms with Gasteiger partial charge in [0.15, 0.2) is 0 Å². The number of rotatable bonds is 4. The number of nitrogens with one attached hydrogen (secondary N) is 1. The number of pyridine rings is 1. The molecule has 0 bridgehead atoms. The molecule has 17 heavy (non-hydrogen) atoms. The summed E-state index contributed by atoms with van der Waals surface area (Å²) in [5.74, 6) is -0.306. The van der Waals surface area contributed by atoms with E-state index in [4.69, 9.17) is 0 Å². The maximum atomic E-state index is 13.8. The van der Waals surface area contributed by atoms with Crippen LogP contribution in [0.2, 0.25) is 0 Å². The molecule has 90 valence electrons. The van der Waals surface area contributed by atoms with Crippen molar-refractivity contribution in [3.05, 3.63) is 47.8 Å². The lowest BCUT2D eigenvalue weighted by Crippen LogP contribution is -2.26. The average molecular weight is 234 g/mol. The Balaban J connectivity index is 2.43. The van der Waals surface area contributed by atoms with Gasteiger partial charge in [0.05, 0.1) is 17.4 Å². The van der Waals surface area contributed by atoms with Gasteiger partial charge in [-0.3, -0.25) is 9.67 Å². The predicted molar refractivity (Wildman–Crippen MR) is 62.9 cm³/mol. The number of aryl methyl sites for hydroxylation is 1. The fourth-order valence-corrected chi connectivity index (χ4v) is 1.82.